The second-order valence-corrected chi connectivity index (χ2v) is 5.75. The standard InChI is InChI=1S/C17H26N4O/c1-5-14(18-11-12-20(3)4)16-19-15-10-8-7-9-13(15)17(22)21(16)6-2/h7-10,14,18H,5-6,11-12H2,1-4H3. The van der Waals surface area contributed by atoms with Gasteiger partial charge in [0.25, 0.3) is 5.56 Å². The number of aromatic nitrogens is 2. The van der Waals surface area contributed by atoms with Crippen LogP contribution in [0.1, 0.15) is 32.1 Å². The van der Waals surface area contributed by atoms with Crippen molar-refractivity contribution in [2.45, 2.75) is 32.9 Å². The van der Waals surface area contributed by atoms with Crippen molar-refractivity contribution in [1.82, 2.24) is 19.8 Å². The van der Waals surface area contributed by atoms with Crippen molar-refractivity contribution >= 4 is 10.9 Å². The molecule has 0 amide bonds. The van der Waals surface area contributed by atoms with E-state index in [1.165, 1.54) is 0 Å². The van der Waals surface area contributed by atoms with Crippen LogP contribution in [0.2, 0.25) is 0 Å². The third-order valence-corrected chi connectivity index (χ3v) is 3.88. The molecule has 1 aromatic carbocycles. The van der Waals surface area contributed by atoms with E-state index in [-0.39, 0.29) is 11.6 Å². The third-order valence-electron chi connectivity index (χ3n) is 3.88. The lowest BCUT2D eigenvalue weighted by Gasteiger charge is -2.22. The van der Waals surface area contributed by atoms with Gasteiger partial charge in [-0.15, -0.1) is 0 Å². The fraction of sp³-hybridized carbons (Fsp3) is 0.529. The normalized spacial score (nSPS) is 13.0. The fourth-order valence-electron chi connectivity index (χ4n) is 2.64. The molecule has 0 radical (unpaired) electrons. The Morgan fingerprint density at radius 1 is 1.27 bits per heavy atom. The average molecular weight is 302 g/mol. The summed E-state index contributed by atoms with van der Waals surface area (Å²) in [6.45, 7) is 6.58. The Balaban J connectivity index is 2.41. The van der Waals surface area contributed by atoms with E-state index in [1.54, 1.807) is 4.57 Å². The van der Waals surface area contributed by atoms with Gasteiger partial charge in [0.1, 0.15) is 5.82 Å². The molecule has 2 rings (SSSR count). The van der Waals surface area contributed by atoms with Crippen LogP contribution in [0.4, 0.5) is 0 Å². The lowest BCUT2D eigenvalue weighted by molar-refractivity contribution is 0.373. The first-order valence-corrected chi connectivity index (χ1v) is 7.96. The number of para-hydroxylation sites is 1. The van der Waals surface area contributed by atoms with Crippen molar-refractivity contribution in [3.05, 3.63) is 40.4 Å². The van der Waals surface area contributed by atoms with E-state index >= 15 is 0 Å². The van der Waals surface area contributed by atoms with Crippen molar-refractivity contribution < 1.29 is 0 Å². The van der Waals surface area contributed by atoms with Crippen LogP contribution in [0.5, 0.6) is 0 Å². The minimum Gasteiger partial charge on any atom is -0.308 e. The summed E-state index contributed by atoms with van der Waals surface area (Å²) in [4.78, 5) is 19.6. The van der Waals surface area contributed by atoms with Gasteiger partial charge in [-0.05, 0) is 39.6 Å². The first kappa shape index (κ1) is 16.6. The highest BCUT2D eigenvalue weighted by atomic mass is 16.1. The van der Waals surface area contributed by atoms with Gasteiger partial charge in [0, 0.05) is 19.6 Å². The van der Waals surface area contributed by atoms with Crippen LogP contribution in [0.25, 0.3) is 10.9 Å². The topological polar surface area (TPSA) is 50.2 Å². The summed E-state index contributed by atoms with van der Waals surface area (Å²) in [5.41, 5.74) is 0.830. The van der Waals surface area contributed by atoms with Crippen LogP contribution in [-0.2, 0) is 6.54 Å². The average Bonchev–Trinajstić information content (AvgIpc) is 2.51. The molecule has 0 aliphatic carbocycles. The Hall–Kier alpha value is -1.72. The molecule has 0 saturated carbocycles. The largest absolute Gasteiger partial charge is 0.308 e. The van der Waals surface area contributed by atoms with Crippen molar-refractivity contribution in [3.63, 3.8) is 0 Å². The molecule has 2 aromatic rings. The molecule has 1 unspecified atom stereocenters. The van der Waals surface area contributed by atoms with Gasteiger partial charge in [-0.2, -0.15) is 0 Å². The second kappa shape index (κ2) is 7.51. The molecule has 5 nitrogen and oxygen atoms in total. The van der Waals surface area contributed by atoms with Gasteiger partial charge in [0.15, 0.2) is 0 Å². The highest BCUT2D eigenvalue weighted by Crippen LogP contribution is 2.16. The first-order chi connectivity index (χ1) is 10.6. The predicted molar refractivity (Wildman–Crippen MR) is 91.3 cm³/mol. The molecule has 22 heavy (non-hydrogen) atoms. The summed E-state index contributed by atoms with van der Waals surface area (Å²) in [5, 5.41) is 4.21. The van der Waals surface area contributed by atoms with Crippen molar-refractivity contribution in [3.8, 4) is 0 Å². The molecular weight excluding hydrogens is 276 g/mol. The Morgan fingerprint density at radius 3 is 2.64 bits per heavy atom. The van der Waals surface area contributed by atoms with Gasteiger partial charge in [-0.1, -0.05) is 19.1 Å². The maximum absolute atomic E-state index is 12.7. The summed E-state index contributed by atoms with van der Waals surface area (Å²) in [5.74, 6) is 0.840. The minimum atomic E-state index is 0.0518. The molecule has 120 valence electrons. The van der Waals surface area contributed by atoms with Crippen LogP contribution in [-0.4, -0.2) is 41.6 Å². The summed E-state index contributed by atoms with van der Waals surface area (Å²) in [6.07, 6.45) is 0.901. The Morgan fingerprint density at radius 2 is 2.00 bits per heavy atom. The predicted octanol–water partition coefficient (Wildman–Crippen LogP) is 2.02. The van der Waals surface area contributed by atoms with Crippen molar-refractivity contribution in [2.24, 2.45) is 0 Å². The number of rotatable bonds is 7. The number of benzene rings is 1. The van der Waals surface area contributed by atoms with E-state index in [0.717, 1.165) is 30.9 Å². The molecule has 0 aliphatic rings. The molecule has 1 N–H and O–H groups in total. The van der Waals surface area contributed by atoms with Gasteiger partial charge in [0.2, 0.25) is 0 Å². The second-order valence-electron chi connectivity index (χ2n) is 5.75. The zero-order chi connectivity index (χ0) is 16.1. The highest BCUT2D eigenvalue weighted by Gasteiger charge is 2.17. The number of hydrogen-bond donors (Lipinski definition) is 1. The summed E-state index contributed by atoms with van der Waals surface area (Å²) < 4.78 is 1.79. The van der Waals surface area contributed by atoms with Crippen LogP contribution >= 0.6 is 0 Å². The van der Waals surface area contributed by atoms with Crippen molar-refractivity contribution in [1.29, 1.82) is 0 Å². The van der Waals surface area contributed by atoms with Gasteiger partial charge in [-0.3, -0.25) is 9.36 Å². The smallest absolute Gasteiger partial charge is 0.261 e. The van der Waals surface area contributed by atoms with E-state index in [2.05, 4.69) is 31.2 Å². The molecule has 0 bridgehead atoms. The molecule has 1 atom stereocenters. The molecule has 1 heterocycles. The summed E-state index contributed by atoms with van der Waals surface area (Å²) in [6, 6.07) is 7.66. The van der Waals surface area contributed by atoms with E-state index in [1.807, 2.05) is 31.2 Å². The third kappa shape index (κ3) is 3.54. The fourth-order valence-corrected chi connectivity index (χ4v) is 2.64. The highest BCUT2D eigenvalue weighted by molar-refractivity contribution is 5.77. The monoisotopic (exact) mass is 302 g/mol. The SMILES string of the molecule is CCC(NCCN(C)C)c1nc2ccccc2c(=O)n1CC. The number of likely N-dealkylation sites (N-methyl/N-ethyl adjacent to an activating group) is 1. The lowest BCUT2D eigenvalue weighted by atomic mass is 10.1. The molecule has 0 fully saturated rings. The zero-order valence-electron chi connectivity index (χ0n) is 14.0. The van der Waals surface area contributed by atoms with E-state index in [9.17, 15) is 4.79 Å². The van der Waals surface area contributed by atoms with E-state index in [4.69, 9.17) is 4.98 Å². The summed E-state index contributed by atoms with van der Waals surface area (Å²) in [7, 11) is 4.11. The quantitative estimate of drug-likeness (QED) is 0.850. The van der Waals surface area contributed by atoms with Crippen LogP contribution in [0.3, 0.4) is 0 Å². The van der Waals surface area contributed by atoms with Crippen LogP contribution in [0, 0.1) is 0 Å². The Bertz CT molecular complexity index is 678. The van der Waals surface area contributed by atoms with Crippen molar-refractivity contribution in [2.75, 3.05) is 27.2 Å². The molecule has 1 aromatic heterocycles. The zero-order valence-corrected chi connectivity index (χ0v) is 14.0. The van der Waals surface area contributed by atoms with E-state index < -0.39 is 0 Å². The molecule has 5 heteroatoms. The molecule has 0 aliphatic heterocycles. The van der Waals surface area contributed by atoms with Crippen LogP contribution < -0.4 is 10.9 Å². The molecule has 0 saturated heterocycles. The first-order valence-electron chi connectivity index (χ1n) is 7.96. The minimum absolute atomic E-state index is 0.0518. The maximum atomic E-state index is 12.7. The number of fused-ring (bicyclic) bond motifs is 1. The molecular formula is C17H26N4O. The number of nitrogens with zero attached hydrogens (tertiary/aromatic N) is 3. The van der Waals surface area contributed by atoms with E-state index in [0.29, 0.717) is 11.9 Å². The van der Waals surface area contributed by atoms with Gasteiger partial charge < -0.3 is 10.2 Å². The number of hydrogen-bond acceptors (Lipinski definition) is 4. The lowest BCUT2D eigenvalue weighted by Crippen LogP contribution is -2.34. The Kier molecular flexibility index (Phi) is 5.69. The number of nitrogens with one attached hydrogen (secondary N) is 1. The van der Waals surface area contributed by atoms with Gasteiger partial charge in [-0.25, -0.2) is 4.98 Å². The summed E-state index contributed by atoms with van der Waals surface area (Å²) >= 11 is 0. The van der Waals surface area contributed by atoms with Crippen LogP contribution in [0.15, 0.2) is 29.1 Å². The maximum Gasteiger partial charge on any atom is 0.261 e. The molecule has 0 spiro atoms. The van der Waals surface area contributed by atoms with Gasteiger partial charge >= 0.3 is 0 Å². The van der Waals surface area contributed by atoms with Gasteiger partial charge in [0.05, 0.1) is 16.9 Å². The Labute approximate surface area is 132 Å².